The molecule has 596 valence electrons. The summed E-state index contributed by atoms with van der Waals surface area (Å²) in [5.74, 6) is 0.270. The molecular formula is C82H156O17P2. The molecule has 0 aromatic rings. The zero-order valence-corrected chi connectivity index (χ0v) is 67.6. The number of ether oxygens (including phenoxy) is 4. The highest BCUT2D eigenvalue weighted by Gasteiger charge is 2.30. The first kappa shape index (κ1) is 98.5. The second kappa shape index (κ2) is 71.8. The Morgan fingerprint density at radius 2 is 0.554 bits per heavy atom. The van der Waals surface area contributed by atoms with Crippen LogP contribution in [0.2, 0.25) is 0 Å². The van der Waals surface area contributed by atoms with Gasteiger partial charge in [0.05, 0.1) is 26.4 Å². The quantitative estimate of drug-likeness (QED) is 0.0169. The lowest BCUT2D eigenvalue weighted by Gasteiger charge is -2.21. The summed E-state index contributed by atoms with van der Waals surface area (Å²) in [5, 5.41) is 10.6. The summed E-state index contributed by atoms with van der Waals surface area (Å²) in [6.45, 7) is 11.9. The monoisotopic (exact) mass is 1480 g/mol. The Bertz CT molecular complexity index is 2060. The van der Waals surface area contributed by atoms with Crippen LogP contribution >= 0.6 is 15.6 Å². The second-order valence-corrected chi connectivity index (χ2v) is 32.5. The zero-order chi connectivity index (χ0) is 74.4. The number of aliphatic hydroxyl groups is 1. The van der Waals surface area contributed by atoms with Crippen LogP contribution in [0.4, 0.5) is 0 Å². The minimum Gasteiger partial charge on any atom is -0.462 e. The third-order valence-corrected chi connectivity index (χ3v) is 21.5. The van der Waals surface area contributed by atoms with Crippen molar-refractivity contribution in [1.82, 2.24) is 0 Å². The molecule has 0 radical (unpaired) electrons. The lowest BCUT2D eigenvalue weighted by molar-refractivity contribution is -0.161. The van der Waals surface area contributed by atoms with Crippen LogP contribution in [0.3, 0.4) is 0 Å². The summed E-state index contributed by atoms with van der Waals surface area (Å²) < 4.78 is 68.7. The van der Waals surface area contributed by atoms with Crippen molar-refractivity contribution >= 4 is 39.5 Å². The molecule has 0 spiro atoms. The van der Waals surface area contributed by atoms with Gasteiger partial charge in [-0.05, 0) is 69.1 Å². The third-order valence-electron chi connectivity index (χ3n) is 19.6. The summed E-state index contributed by atoms with van der Waals surface area (Å²) in [4.78, 5) is 73.0. The first-order valence-corrected chi connectivity index (χ1v) is 44.8. The molecule has 0 aliphatic rings. The van der Waals surface area contributed by atoms with Crippen LogP contribution in [0.5, 0.6) is 0 Å². The maximum absolute atomic E-state index is 13.1. The van der Waals surface area contributed by atoms with Gasteiger partial charge in [-0.2, -0.15) is 0 Å². The van der Waals surface area contributed by atoms with Crippen molar-refractivity contribution in [2.75, 3.05) is 39.6 Å². The van der Waals surface area contributed by atoms with Crippen LogP contribution < -0.4 is 0 Å². The van der Waals surface area contributed by atoms with Crippen molar-refractivity contribution < 1.29 is 80.2 Å². The van der Waals surface area contributed by atoms with E-state index in [1.165, 1.54) is 193 Å². The summed E-state index contributed by atoms with van der Waals surface area (Å²) >= 11 is 0. The van der Waals surface area contributed by atoms with E-state index in [1.807, 2.05) is 0 Å². The molecule has 101 heavy (non-hydrogen) atoms. The van der Waals surface area contributed by atoms with Crippen molar-refractivity contribution in [3.8, 4) is 0 Å². The number of hydrogen-bond acceptors (Lipinski definition) is 15. The highest BCUT2D eigenvalue weighted by molar-refractivity contribution is 7.47. The SMILES string of the molecule is CCCCCC/C=C\C=C/CCCCCCCC(=O)OC[C@H](COP(=O)(O)OC[C@@H](O)COP(=O)(O)OC[C@@H](COC(=O)CCCCCCCCCCC(C)CC)OC(=O)CCCCCCCCCCC(C)CC)OC(=O)CCCCCCCCCCCCCCCCCCCCC(C)CC. The van der Waals surface area contributed by atoms with Crippen LogP contribution in [0.1, 0.15) is 402 Å². The van der Waals surface area contributed by atoms with E-state index >= 15 is 0 Å². The van der Waals surface area contributed by atoms with E-state index in [4.69, 9.17) is 37.0 Å². The van der Waals surface area contributed by atoms with E-state index in [2.05, 4.69) is 72.8 Å². The number of aliphatic hydroxyl groups excluding tert-OH is 1. The Morgan fingerprint density at radius 1 is 0.317 bits per heavy atom. The van der Waals surface area contributed by atoms with Crippen LogP contribution in [0.15, 0.2) is 24.3 Å². The average Bonchev–Trinajstić information content (AvgIpc) is 0.954. The van der Waals surface area contributed by atoms with Gasteiger partial charge in [-0.15, -0.1) is 0 Å². The Kier molecular flexibility index (Phi) is 70.0. The summed E-state index contributed by atoms with van der Waals surface area (Å²) in [5.41, 5.74) is 0. The molecule has 0 rings (SSSR count). The molecule has 0 saturated heterocycles. The number of hydrogen-bond donors (Lipinski definition) is 3. The number of phosphoric acid groups is 2. The van der Waals surface area contributed by atoms with Gasteiger partial charge in [-0.1, -0.05) is 349 Å². The maximum atomic E-state index is 13.1. The smallest absolute Gasteiger partial charge is 0.462 e. The van der Waals surface area contributed by atoms with Gasteiger partial charge in [-0.3, -0.25) is 37.3 Å². The number of carbonyl (C=O) groups excluding carboxylic acids is 4. The summed E-state index contributed by atoms with van der Waals surface area (Å²) in [6.07, 6.45) is 63.2. The maximum Gasteiger partial charge on any atom is 0.472 e. The normalized spacial score (nSPS) is 14.9. The highest BCUT2D eigenvalue weighted by Crippen LogP contribution is 2.45. The number of rotatable bonds is 78. The van der Waals surface area contributed by atoms with Crippen LogP contribution in [0.25, 0.3) is 0 Å². The average molecular weight is 1480 g/mol. The standard InChI is InChI=1S/C82H156O17P2/c1-8-12-13-14-15-16-17-18-23-27-30-33-42-49-56-63-79(84)92-69-77(98-81(86)65-58-51-44-34-31-28-25-22-20-19-21-24-26-29-32-39-46-53-60-73(5)9-2)71-96-100(88,89)94-67-76(83)68-95-101(90,91)97-72-78(99-82(87)66-59-52-45-38-36-41-48-55-62-75(7)11-4)70-93-80(85)64-57-50-43-37-35-40-47-54-61-74(6)10-3/h16-18,23,73-78,83H,8-15,19-22,24-72H2,1-7H3,(H,88,89)(H,90,91)/b17-16-,23-18-/t73?,74?,75?,76-,77-,78-/m1/s1. The largest absolute Gasteiger partial charge is 0.472 e. The van der Waals surface area contributed by atoms with Crippen LogP contribution in [-0.2, 0) is 65.4 Å². The van der Waals surface area contributed by atoms with Gasteiger partial charge >= 0.3 is 39.5 Å². The Labute approximate surface area is 618 Å². The zero-order valence-electron chi connectivity index (χ0n) is 65.9. The molecule has 3 N–H and O–H groups in total. The van der Waals surface area contributed by atoms with E-state index < -0.39 is 97.5 Å². The number of unbranched alkanes of at least 4 members (excludes halogenated alkanes) is 40. The molecule has 19 heteroatoms. The van der Waals surface area contributed by atoms with Crippen molar-refractivity contribution in [1.29, 1.82) is 0 Å². The van der Waals surface area contributed by atoms with Crippen LogP contribution in [0, 0.1) is 17.8 Å². The molecule has 8 atom stereocenters. The predicted octanol–water partition coefficient (Wildman–Crippen LogP) is 24.1. The Morgan fingerprint density at radius 3 is 0.832 bits per heavy atom. The molecule has 0 saturated carbocycles. The van der Waals surface area contributed by atoms with E-state index in [0.29, 0.717) is 25.7 Å². The van der Waals surface area contributed by atoms with Gasteiger partial charge in [0.25, 0.3) is 0 Å². The van der Waals surface area contributed by atoms with Crippen molar-refractivity contribution in [2.45, 2.75) is 420 Å². The van der Waals surface area contributed by atoms with Gasteiger partial charge in [0.1, 0.15) is 19.3 Å². The molecule has 17 nitrogen and oxygen atoms in total. The first-order chi connectivity index (χ1) is 48.8. The first-order valence-electron chi connectivity index (χ1n) is 41.8. The fraction of sp³-hybridized carbons (Fsp3) is 0.902. The lowest BCUT2D eigenvalue weighted by Crippen LogP contribution is -2.30. The van der Waals surface area contributed by atoms with E-state index in [1.54, 1.807) is 0 Å². The van der Waals surface area contributed by atoms with Gasteiger partial charge in [0, 0.05) is 25.7 Å². The Hall–Kier alpha value is -2.46. The molecule has 5 unspecified atom stereocenters. The summed E-state index contributed by atoms with van der Waals surface area (Å²) in [6, 6.07) is 0. The molecule has 0 heterocycles. The van der Waals surface area contributed by atoms with Gasteiger partial charge in [0.2, 0.25) is 0 Å². The lowest BCUT2D eigenvalue weighted by atomic mass is 9.99. The van der Waals surface area contributed by atoms with Crippen molar-refractivity contribution in [2.24, 2.45) is 17.8 Å². The van der Waals surface area contributed by atoms with Gasteiger partial charge in [-0.25, -0.2) is 9.13 Å². The van der Waals surface area contributed by atoms with Gasteiger partial charge in [0.15, 0.2) is 12.2 Å². The summed E-state index contributed by atoms with van der Waals surface area (Å²) in [7, 11) is -9.93. The Balaban J connectivity index is 5.26. The van der Waals surface area contributed by atoms with E-state index in [0.717, 1.165) is 127 Å². The number of phosphoric ester groups is 2. The second-order valence-electron chi connectivity index (χ2n) is 29.6. The fourth-order valence-electron chi connectivity index (χ4n) is 12.0. The molecule has 0 bridgehead atoms. The van der Waals surface area contributed by atoms with E-state index in [9.17, 15) is 43.2 Å². The third kappa shape index (κ3) is 71.6. The number of allylic oxidation sites excluding steroid dienone is 4. The molecule has 0 aliphatic carbocycles. The van der Waals surface area contributed by atoms with Crippen LogP contribution in [-0.4, -0.2) is 96.7 Å². The topological polar surface area (TPSA) is 237 Å². The molecule has 0 fully saturated rings. The molecular weight excluding hydrogens is 1320 g/mol. The van der Waals surface area contributed by atoms with E-state index in [-0.39, 0.29) is 25.7 Å². The molecule has 0 aromatic carbocycles. The molecule has 0 aromatic heterocycles. The minimum atomic E-state index is -4.97. The van der Waals surface area contributed by atoms with Crippen molar-refractivity contribution in [3.63, 3.8) is 0 Å². The number of esters is 4. The predicted molar refractivity (Wildman–Crippen MR) is 414 cm³/mol. The minimum absolute atomic E-state index is 0.101. The number of carbonyl (C=O) groups is 4. The fourth-order valence-corrected chi connectivity index (χ4v) is 13.6. The highest BCUT2D eigenvalue weighted by atomic mass is 31.2. The molecule has 0 aliphatic heterocycles. The van der Waals surface area contributed by atoms with Crippen molar-refractivity contribution in [3.05, 3.63) is 24.3 Å². The molecule has 0 amide bonds. The van der Waals surface area contributed by atoms with Gasteiger partial charge < -0.3 is 33.8 Å².